The fourth-order valence-electron chi connectivity index (χ4n) is 2.65. The summed E-state index contributed by atoms with van der Waals surface area (Å²) in [6.07, 6.45) is 0.811. The van der Waals surface area contributed by atoms with Gasteiger partial charge in [-0.3, -0.25) is 0 Å². The first-order valence-corrected chi connectivity index (χ1v) is 9.56. The molecule has 0 aliphatic carbocycles. The van der Waals surface area contributed by atoms with Crippen LogP contribution in [0, 0.1) is 0 Å². The minimum atomic E-state index is 0.196. The maximum Gasteiger partial charge on any atom is 0.191 e. The Balaban J connectivity index is 1.64. The van der Waals surface area contributed by atoms with Crippen LogP contribution in [0.3, 0.4) is 0 Å². The molecule has 0 bridgehead atoms. The Morgan fingerprint density at radius 3 is 2.20 bits per heavy atom. The number of hydrogen-bond donors (Lipinski definition) is 0. The van der Waals surface area contributed by atoms with Gasteiger partial charge in [0.15, 0.2) is 5.16 Å². The summed E-state index contributed by atoms with van der Waals surface area (Å²) < 4.78 is 2.10. The molecule has 0 unspecified atom stereocenters. The number of rotatable bonds is 5. The number of hydrogen-bond acceptors (Lipinski definition) is 3. The second kappa shape index (κ2) is 7.44. The normalized spacial score (nSPS) is 11.7. The predicted octanol–water partition coefficient (Wildman–Crippen LogP) is 5.00. The summed E-state index contributed by atoms with van der Waals surface area (Å²) in [7, 11) is 2.04. The fourth-order valence-corrected chi connectivity index (χ4v) is 3.54. The third-order valence-electron chi connectivity index (χ3n) is 4.32. The number of thioether (sulfide) groups is 1. The lowest BCUT2D eigenvalue weighted by Crippen LogP contribution is -2.10. The fraction of sp³-hybridized carbons (Fsp3) is 0.333. The third-order valence-corrected chi connectivity index (χ3v) is 5.41. The van der Waals surface area contributed by atoms with E-state index in [4.69, 9.17) is 0 Å². The zero-order chi connectivity index (χ0) is 17.9. The second-order valence-electron chi connectivity index (χ2n) is 7.36. The molecule has 3 aromatic rings. The largest absolute Gasteiger partial charge is 0.309 e. The highest BCUT2D eigenvalue weighted by Crippen LogP contribution is 2.25. The van der Waals surface area contributed by atoms with Gasteiger partial charge in [0.2, 0.25) is 0 Å². The molecule has 0 aliphatic heterocycles. The summed E-state index contributed by atoms with van der Waals surface area (Å²) in [5, 5.41) is 9.69. The van der Waals surface area contributed by atoms with Crippen molar-refractivity contribution in [2.75, 3.05) is 0 Å². The van der Waals surface area contributed by atoms with Gasteiger partial charge in [0.1, 0.15) is 5.82 Å². The Hall–Kier alpha value is -2.07. The van der Waals surface area contributed by atoms with Gasteiger partial charge < -0.3 is 4.57 Å². The van der Waals surface area contributed by atoms with Crippen molar-refractivity contribution in [3.05, 3.63) is 77.1 Å². The maximum atomic E-state index is 4.36. The lowest BCUT2D eigenvalue weighted by molar-refractivity contribution is 0.590. The van der Waals surface area contributed by atoms with Crippen LogP contribution in [0.1, 0.15) is 43.3 Å². The van der Waals surface area contributed by atoms with Crippen LogP contribution in [0.25, 0.3) is 0 Å². The molecule has 0 saturated carbocycles. The minimum Gasteiger partial charge on any atom is -0.309 e. The molecule has 0 atom stereocenters. The molecule has 0 aliphatic rings. The molecule has 0 N–H and O–H groups in total. The first-order valence-electron chi connectivity index (χ1n) is 8.58. The highest BCUT2D eigenvalue weighted by Gasteiger charge is 2.13. The van der Waals surface area contributed by atoms with Gasteiger partial charge in [-0.15, -0.1) is 10.2 Å². The standard InChI is InChI=1S/C21H25N3S/c1-21(2,3)18-12-10-17(11-13-18)15-25-20-23-22-19(24(20)4)14-16-8-6-5-7-9-16/h5-13H,14-15H2,1-4H3. The average Bonchev–Trinajstić information content (AvgIpc) is 2.94. The number of benzene rings is 2. The monoisotopic (exact) mass is 351 g/mol. The quantitative estimate of drug-likeness (QED) is 0.606. The van der Waals surface area contributed by atoms with Gasteiger partial charge in [-0.05, 0) is 22.1 Å². The van der Waals surface area contributed by atoms with E-state index in [0.717, 1.165) is 23.2 Å². The highest BCUT2D eigenvalue weighted by molar-refractivity contribution is 7.98. The van der Waals surface area contributed by atoms with E-state index in [9.17, 15) is 0 Å². The Labute approximate surface area is 154 Å². The molecule has 2 aromatic carbocycles. The lowest BCUT2D eigenvalue weighted by atomic mass is 9.87. The van der Waals surface area contributed by atoms with Crippen molar-refractivity contribution in [1.82, 2.24) is 14.8 Å². The predicted molar refractivity (Wildman–Crippen MR) is 105 cm³/mol. The first-order chi connectivity index (χ1) is 11.9. The van der Waals surface area contributed by atoms with Crippen LogP contribution in [0.15, 0.2) is 59.8 Å². The van der Waals surface area contributed by atoms with Crippen molar-refractivity contribution < 1.29 is 0 Å². The lowest BCUT2D eigenvalue weighted by Gasteiger charge is -2.19. The molecule has 3 rings (SSSR count). The van der Waals surface area contributed by atoms with Gasteiger partial charge >= 0.3 is 0 Å². The van der Waals surface area contributed by atoms with Crippen molar-refractivity contribution in [2.24, 2.45) is 7.05 Å². The molecule has 0 spiro atoms. The van der Waals surface area contributed by atoms with Crippen LogP contribution in [0.2, 0.25) is 0 Å². The Bertz CT molecular complexity index is 815. The second-order valence-corrected chi connectivity index (χ2v) is 8.30. The van der Waals surface area contributed by atoms with Crippen LogP contribution in [-0.2, 0) is 24.6 Å². The number of nitrogens with zero attached hydrogens (tertiary/aromatic N) is 3. The van der Waals surface area contributed by atoms with E-state index in [1.54, 1.807) is 11.8 Å². The maximum absolute atomic E-state index is 4.36. The zero-order valence-electron chi connectivity index (χ0n) is 15.4. The van der Waals surface area contributed by atoms with Crippen LogP contribution in [0.4, 0.5) is 0 Å². The van der Waals surface area contributed by atoms with E-state index in [-0.39, 0.29) is 5.41 Å². The molecule has 25 heavy (non-hydrogen) atoms. The van der Waals surface area contributed by atoms with Gasteiger partial charge in [0.05, 0.1) is 0 Å². The van der Waals surface area contributed by atoms with Crippen molar-refractivity contribution >= 4 is 11.8 Å². The van der Waals surface area contributed by atoms with Gasteiger partial charge in [-0.2, -0.15) is 0 Å². The molecule has 1 aromatic heterocycles. The molecule has 4 heteroatoms. The minimum absolute atomic E-state index is 0.196. The van der Waals surface area contributed by atoms with E-state index < -0.39 is 0 Å². The molecule has 1 heterocycles. The Morgan fingerprint density at radius 2 is 1.56 bits per heavy atom. The zero-order valence-corrected chi connectivity index (χ0v) is 16.2. The average molecular weight is 352 g/mol. The van der Waals surface area contributed by atoms with Gasteiger partial charge in [-0.1, -0.05) is 87.1 Å². The molecule has 3 nitrogen and oxygen atoms in total. The number of aromatic nitrogens is 3. The van der Waals surface area contributed by atoms with Gasteiger partial charge in [-0.25, -0.2) is 0 Å². The van der Waals surface area contributed by atoms with Gasteiger partial charge in [0, 0.05) is 19.2 Å². The molecular weight excluding hydrogens is 326 g/mol. The van der Waals surface area contributed by atoms with Gasteiger partial charge in [0.25, 0.3) is 0 Å². The van der Waals surface area contributed by atoms with Crippen molar-refractivity contribution in [1.29, 1.82) is 0 Å². The van der Waals surface area contributed by atoms with Crippen molar-refractivity contribution in [3.63, 3.8) is 0 Å². The van der Waals surface area contributed by atoms with Crippen LogP contribution in [0.5, 0.6) is 0 Å². The molecule has 0 radical (unpaired) electrons. The summed E-state index contributed by atoms with van der Waals surface area (Å²) in [6, 6.07) is 19.3. The molecular formula is C21H25N3S. The topological polar surface area (TPSA) is 30.7 Å². The Kier molecular flexibility index (Phi) is 5.28. The smallest absolute Gasteiger partial charge is 0.191 e. The molecule has 0 saturated heterocycles. The first kappa shape index (κ1) is 17.7. The van der Waals surface area contributed by atoms with Crippen LogP contribution in [-0.4, -0.2) is 14.8 Å². The molecule has 0 amide bonds. The molecule has 130 valence electrons. The van der Waals surface area contributed by atoms with E-state index >= 15 is 0 Å². The SMILES string of the molecule is Cn1c(Cc2ccccc2)nnc1SCc1ccc(C(C)(C)C)cc1. The third kappa shape index (κ3) is 4.51. The summed E-state index contributed by atoms with van der Waals surface area (Å²) in [6.45, 7) is 6.72. The summed E-state index contributed by atoms with van der Waals surface area (Å²) in [4.78, 5) is 0. The van der Waals surface area contributed by atoms with E-state index in [0.29, 0.717) is 0 Å². The van der Waals surface area contributed by atoms with Crippen LogP contribution >= 0.6 is 11.8 Å². The summed E-state index contributed by atoms with van der Waals surface area (Å²) >= 11 is 1.73. The molecule has 0 fully saturated rings. The summed E-state index contributed by atoms with van der Waals surface area (Å²) in [5.41, 5.74) is 4.13. The van der Waals surface area contributed by atoms with E-state index in [1.165, 1.54) is 16.7 Å². The highest BCUT2D eigenvalue weighted by atomic mass is 32.2. The Morgan fingerprint density at radius 1 is 0.880 bits per heavy atom. The van der Waals surface area contributed by atoms with Crippen molar-refractivity contribution in [3.8, 4) is 0 Å². The van der Waals surface area contributed by atoms with Crippen molar-refractivity contribution in [2.45, 2.75) is 43.5 Å². The summed E-state index contributed by atoms with van der Waals surface area (Å²) in [5.74, 6) is 1.90. The van der Waals surface area contributed by atoms with Crippen LogP contribution < -0.4 is 0 Å². The van der Waals surface area contributed by atoms with E-state index in [2.05, 4.69) is 84.1 Å². The van der Waals surface area contributed by atoms with E-state index in [1.807, 2.05) is 13.1 Å².